The van der Waals surface area contributed by atoms with Gasteiger partial charge in [-0.05, 0) is 25.2 Å². The van der Waals surface area contributed by atoms with E-state index in [1.807, 2.05) is 6.20 Å². The number of aliphatic hydroxyl groups is 1. The van der Waals surface area contributed by atoms with Gasteiger partial charge in [-0.15, -0.1) is 11.3 Å². The van der Waals surface area contributed by atoms with Gasteiger partial charge in [0.25, 0.3) is 0 Å². The van der Waals surface area contributed by atoms with Crippen LogP contribution in [0.25, 0.3) is 0 Å². The minimum absolute atomic E-state index is 0.438. The van der Waals surface area contributed by atoms with Gasteiger partial charge in [0.2, 0.25) is 0 Å². The van der Waals surface area contributed by atoms with E-state index in [-0.39, 0.29) is 0 Å². The number of thiazole rings is 1. The molecule has 2 unspecified atom stereocenters. The predicted molar refractivity (Wildman–Crippen MR) is 53.6 cm³/mol. The van der Waals surface area contributed by atoms with Gasteiger partial charge < -0.3 is 5.11 Å². The SMILES string of the molecule is CCC1CCCC1(O)c1cncs1. The molecule has 2 nitrogen and oxygen atoms in total. The van der Waals surface area contributed by atoms with E-state index in [4.69, 9.17) is 0 Å². The molecule has 1 aliphatic carbocycles. The Morgan fingerprint density at radius 2 is 2.62 bits per heavy atom. The van der Waals surface area contributed by atoms with Crippen molar-refractivity contribution in [3.63, 3.8) is 0 Å². The summed E-state index contributed by atoms with van der Waals surface area (Å²) in [6, 6.07) is 0. The van der Waals surface area contributed by atoms with Crippen molar-refractivity contribution in [3.05, 3.63) is 16.6 Å². The molecule has 13 heavy (non-hydrogen) atoms. The van der Waals surface area contributed by atoms with Crippen LogP contribution >= 0.6 is 11.3 Å². The van der Waals surface area contributed by atoms with Crippen LogP contribution in [-0.4, -0.2) is 10.1 Å². The number of rotatable bonds is 2. The van der Waals surface area contributed by atoms with Crippen LogP contribution in [0, 0.1) is 5.92 Å². The summed E-state index contributed by atoms with van der Waals surface area (Å²) in [4.78, 5) is 5.09. The zero-order valence-electron chi connectivity index (χ0n) is 7.86. The molecule has 0 spiro atoms. The van der Waals surface area contributed by atoms with Crippen LogP contribution in [-0.2, 0) is 5.60 Å². The van der Waals surface area contributed by atoms with Crippen molar-refractivity contribution in [2.45, 2.75) is 38.2 Å². The third-order valence-electron chi connectivity index (χ3n) is 3.14. The summed E-state index contributed by atoms with van der Waals surface area (Å²) < 4.78 is 0. The molecule has 0 aromatic carbocycles. The number of aromatic nitrogens is 1. The van der Waals surface area contributed by atoms with Crippen LogP contribution in [0.3, 0.4) is 0 Å². The first-order chi connectivity index (χ1) is 6.27. The second-order valence-corrected chi connectivity index (χ2v) is 4.67. The first kappa shape index (κ1) is 9.16. The Kier molecular flexibility index (Phi) is 2.39. The summed E-state index contributed by atoms with van der Waals surface area (Å²) in [5.74, 6) is 0.438. The molecule has 1 heterocycles. The van der Waals surface area contributed by atoms with E-state index in [1.54, 1.807) is 16.8 Å². The van der Waals surface area contributed by atoms with Crippen molar-refractivity contribution in [2.75, 3.05) is 0 Å². The molecule has 0 aliphatic heterocycles. The molecular formula is C10H15NOS. The molecule has 3 heteroatoms. The molecule has 2 rings (SSSR count). The van der Waals surface area contributed by atoms with Gasteiger partial charge in [-0.1, -0.05) is 13.3 Å². The molecule has 0 bridgehead atoms. The van der Waals surface area contributed by atoms with E-state index in [0.717, 1.165) is 30.6 Å². The highest BCUT2D eigenvalue weighted by Crippen LogP contribution is 2.46. The van der Waals surface area contributed by atoms with Gasteiger partial charge in [-0.2, -0.15) is 0 Å². The average Bonchev–Trinajstić information content (AvgIpc) is 2.72. The zero-order valence-corrected chi connectivity index (χ0v) is 8.68. The van der Waals surface area contributed by atoms with Crippen molar-refractivity contribution in [2.24, 2.45) is 5.92 Å². The smallest absolute Gasteiger partial charge is 0.103 e. The van der Waals surface area contributed by atoms with Gasteiger partial charge in [0.15, 0.2) is 0 Å². The highest BCUT2D eigenvalue weighted by atomic mass is 32.1. The first-order valence-corrected chi connectivity index (χ1v) is 5.76. The van der Waals surface area contributed by atoms with Crippen molar-refractivity contribution >= 4 is 11.3 Å². The van der Waals surface area contributed by atoms with Gasteiger partial charge in [0.1, 0.15) is 5.60 Å². The molecule has 1 saturated carbocycles. The maximum atomic E-state index is 10.5. The fourth-order valence-electron chi connectivity index (χ4n) is 2.36. The van der Waals surface area contributed by atoms with Crippen LogP contribution < -0.4 is 0 Å². The van der Waals surface area contributed by atoms with E-state index in [2.05, 4.69) is 11.9 Å². The molecular weight excluding hydrogens is 182 g/mol. The van der Waals surface area contributed by atoms with Gasteiger partial charge in [0, 0.05) is 6.20 Å². The van der Waals surface area contributed by atoms with Crippen LogP contribution in [0.5, 0.6) is 0 Å². The Morgan fingerprint density at radius 1 is 1.77 bits per heavy atom. The highest BCUT2D eigenvalue weighted by molar-refractivity contribution is 7.09. The first-order valence-electron chi connectivity index (χ1n) is 4.88. The van der Waals surface area contributed by atoms with E-state index < -0.39 is 5.60 Å². The number of hydrogen-bond acceptors (Lipinski definition) is 3. The molecule has 72 valence electrons. The van der Waals surface area contributed by atoms with Crippen molar-refractivity contribution in [1.29, 1.82) is 0 Å². The third kappa shape index (κ3) is 1.40. The van der Waals surface area contributed by atoms with Gasteiger partial charge in [-0.3, -0.25) is 4.98 Å². The average molecular weight is 197 g/mol. The lowest BCUT2D eigenvalue weighted by molar-refractivity contribution is -0.000530. The van der Waals surface area contributed by atoms with Gasteiger partial charge in [-0.25, -0.2) is 0 Å². The predicted octanol–water partition coefficient (Wildman–Crippen LogP) is 2.54. The molecule has 1 aliphatic rings. The molecule has 0 saturated heterocycles. The van der Waals surface area contributed by atoms with E-state index in [9.17, 15) is 5.11 Å². The van der Waals surface area contributed by atoms with E-state index in [0.29, 0.717) is 5.92 Å². The van der Waals surface area contributed by atoms with Crippen LogP contribution in [0.2, 0.25) is 0 Å². The summed E-state index contributed by atoms with van der Waals surface area (Å²) >= 11 is 1.58. The van der Waals surface area contributed by atoms with E-state index in [1.165, 1.54) is 0 Å². The minimum Gasteiger partial charge on any atom is -0.384 e. The summed E-state index contributed by atoms with van der Waals surface area (Å²) in [7, 11) is 0. The summed E-state index contributed by atoms with van der Waals surface area (Å²) in [5, 5.41) is 10.5. The molecule has 1 aromatic heterocycles. The van der Waals surface area contributed by atoms with Crippen molar-refractivity contribution < 1.29 is 5.11 Å². The Balaban J connectivity index is 2.29. The Morgan fingerprint density at radius 3 is 3.23 bits per heavy atom. The van der Waals surface area contributed by atoms with Crippen molar-refractivity contribution in [3.8, 4) is 0 Å². The topological polar surface area (TPSA) is 33.1 Å². The molecule has 1 fully saturated rings. The maximum absolute atomic E-state index is 10.5. The fourth-order valence-corrected chi connectivity index (χ4v) is 3.19. The van der Waals surface area contributed by atoms with Crippen LogP contribution in [0.1, 0.15) is 37.5 Å². The van der Waals surface area contributed by atoms with Gasteiger partial charge in [0.05, 0.1) is 10.4 Å². The van der Waals surface area contributed by atoms with Crippen LogP contribution in [0.15, 0.2) is 11.7 Å². The normalized spacial score (nSPS) is 33.8. The lowest BCUT2D eigenvalue weighted by atomic mass is 9.88. The standard InChI is InChI=1S/C10H15NOS/c1-2-8-4-3-5-10(8,12)9-6-11-7-13-9/h6-8,12H,2-5H2,1H3. The number of nitrogens with zero attached hydrogens (tertiary/aromatic N) is 1. The second kappa shape index (κ2) is 3.39. The fraction of sp³-hybridized carbons (Fsp3) is 0.700. The zero-order chi connectivity index (χ0) is 9.31. The summed E-state index contributed by atoms with van der Waals surface area (Å²) in [5.41, 5.74) is 1.24. The molecule has 1 aromatic rings. The third-order valence-corrected chi connectivity index (χ3v) is 4.08. The Labute approximate surface area is 82.6 Å². The lowest BCUT2D eigenvalue weighted by Crippen LogP contribution is -2.28. The lowest BCUT2D eigenvalue weighted by Gasteiger charge is -2.27. The Bertz CT molecular complexity index is 272. The Hall–Kier alpha value is -0.410. The monoisotopic (exact) mass is 197 g/mol. The molecule has 2 atom stereocenters. The summed E-state index contributed by atoms with van der Waals surface area (Å²) in [6.45, 7) is 2.15. The quantitative estimate of drug-likeness (QED) is 0.790. The van der Waals surface area contributed by atoms with E-state index >= 15 is 0 Å². The minimum atomic E-state index is -0.560. The van der Waals surface area contributed by atoms with Crippen molar-refractivity contribution in [1.82, 2.24) is 4.98 Å². The largest absolute Gasteiger partial charge is 0.384 e. The van der Waals surface area contributed by atoms with Gasteiger partial charge >= 0.3 is 0 Å². The molecule has 0 radical (unpaired) electrons. The molecule has 0 amide bonds. The summed E-state index contributed by atoms with van der Waals surface area (Å²) in [6.07, 6.45) is 6.10. The number of hydrogen-bond donors (Lipinski definition) is 1. The second-order valence-electron chi connectivity index (χ2n) is 3.79. The maximum Gasteiger partial charge on any atom is 0.103 e. The highest BCUT2D eigenvalue weighted by Gasteiger charge is 2.42. The van der Waals surface area contributed by atoms with Crippen LogP contribution in [0.4, 0.5) is 0 Å². The molecule has 1 N–H and O–H groups in total.